The van der Waals surface area contributed by atoms with E-state index in [1.54, 1.807) is 30.7 Å². The highest BCUT2D eigenvalue weighted by Crippen LogP contribution is 2.21. The second kappa shape index (κ2) is 6.82. The van der Waals surface area contributed by atoms with Crippen LogP contribution in [0.15, 0.2) is 58.7 Å². The zero-order valence-electron chi connectivity index (χ0n) is 11.6. The summed E-state index contributed by atoms with van der Waals surface area (Å²) in [6.07, 6.45) is 6.35. The summed E-state index contributed by atoms with van der Waals surface area (Å²) in [5.74, 6) is 0.449. The second-order valence-corrected chi connectivity index (χ2v) is 5.28. The SMILES string of the molecule is O=C(/C=C/c1ccco1)NCc1csc(-c2ccccn2)n1. The van der Waals surface area contributed by atoms with Crippen molar-refractivity contribution in [1.29, 1.82) is 0 Å². The Morgan fingerprint density at radius 3 is 3.05 bits per heavy atom. The Balaban J connectivity index is 1.56. The van der Waals surface area contributed by atoms with E-state index < -0.39 is 0 Å². The largest absolute Gasteiger partial charge is 0.465 e. The van der Waals surface area contributed by atoms with Gasteiger partial charge in [0.2, 0.25) is 5.91 Å². The van der Waals surface area contributed by atoms with Gasteiger partial charge in [-0.1, -0.05) is 6.07 Å². The molecule has 0 saturated carbocycles. The monoisotopic (exact) mass is 311 g/mol. The van der Waals surface area contributed by atoms with E-state index in [-0.39, 0.29) is 5.91 Å². The molecule has 3 aromatic heterocycles. The number of hydrogen-bond donors (Lipinski definition) is 1. The summed E-state index contributed by atoms with van der Waals surface area (Å²) in [7, 11) is 0. The second-order valence-electron chi connectivity index (χ2n) is 4.43. The first kappa shape index (κ1) is 14.2. The maximum Gasteiger partial charge on any atom is 0.244 e. The van der Waals surface area contributed by atoms with Gasteiger partial charge in [-0.15, -0.1) is 11.3 Å². The fourth-order valence-corrected chi connectivity index (χ4v) is 2.57. The van der Waals surface area contributed by atoms with Crippen LogP contribution >= 0.6 is 11.3 Å². The Morgan fingerprint density at radius 1 is 1.32 bits per heavy atom. The standard InChI is InChI=1S/C16H13N3O2S/c20-15(7-6-13-4-3-9-21-13)18-10-12-11-22-16(19-12)14-5-1-2-8-17-14/h1-9,11H,10H2,(H,18,20)/b7-6+. The molecule has 3 aromatic rings. The zero-order chi connectivity index (χ0) is 15.2. The van der Waals surface area contributed by atoms with Crippen molar-refractivity contribution in [3.63, 3.8) is 0 Å². The lowest BCUT2D eigenvalue weighted by Crippen LogP contribution is -2.20. The molecule has 0 radical (unpaired) electrons. The fraction of sp³-hybridized carbons (Fsp3) is 0.0625. The summed E-state index contributed by atoms with van der Waals surface area (Å²) in [5, 5.41) is 5.54. The number of aromatic nitrogens is 2. The van der Waals surface area contributed by atoms with Crippen LogP contribution in [0.2, 0.25) is 0 Å². The molecule has 0 spiro atoms. The van der Waals surface area contributed by atoms with Crippen LogP contribution in [0, 0.1) is 0 Å². The molecule has 1 amide bonds. The van der Waals surface area contributed by atoms with Crippen LogP contribution in [0.5, 0.6) is 0 Å². The maximum atomic E-state index is 11.7. The van der Waals surface area contributed by atoms with E-state index >= 15 is 0 Å². The number of carbonyl (C=O) groups excluding carboxylic acids is 1. The van der Waals surface area contributed by atoms with Crippen molar-refractivity contribution in [2.45, 2.75) is 6.54 Å². The van der Waals surface area contributed by atoms with Gasteiger partial charge >= 0.3 is 0 Å². The van der Waals surface area contributed by atoms with Gasteiger partial charge in [-0.3, -0.25) is 9.78 Å². The molecule has 0 unspecified atom stereocenters. The van der Waals surface area contributed by atoms with Crippen molar-refractivity contribution in [3.8, 4) is 10.7 Å². The summed E-state index contributed by atoms with van der Waals surface area (Å²) in [6, 6.07) is 9.25. The normalized spacial score (nSPS) is 10.9. The van der Waals surface area contributed by atoms with Crippen LogP contribution in [0.1, 0.15) is 11.5 Å². The lowest BCUT2D eigenvalue weighted by molar-refractivity contribution is -0.116. The number of nitrogens with zero attached hydrogens (tertiary/aromatic N) is 2. The number of pyridine rings is 1. The lowest BCUT2D eigenvalue weighted by Gasteiger charge is -1.98. The molecular formula is C16H13N3O2S. The van der Waals surface area contributed by atoms with E-state index in [9.17, 15) is 4.79 Å². The topological polar surface area (TPSA) is 68.0 Å². The molecule has 0 atom stereocenters. The average Bonchev–Trinajstić information content (AvgIpc) is 3.23. The fourth-order valence-electron chi connectivity index (χ4n) is 1.78. The van der Waals surface area contributed by atoms with Crippen molar-refractivity contribution < 1.29 is 9.21 Å². The van der Waals surface area contributed by atoms with Crippen molar-refractivity contribution in [1.82, 2.24) is 15.3 Å². The van der Waals surface area contributed by atoms with Gasteiger partial charge in [-0.05, 0) is 30.3 Å². The number of rotatable bonds is 5. The number of thiazole rings is 1. The van der Waals surface area contributed by atoms with Crippen LogP contribution in [-0.4, -0.2) is 15.9 Å². The number of carbonyl (C=O) groups is 1. The summed E-state index contributed by atoms with van der Waals surface area (Å²) >= 11 is 1.51. The van der Waals surface area contributed by atoms with Gasteiger partial charge in [0.05, 0.1) is 24.2 Å². The third kappa shape index (κ3) is 3.67. The highest BCUT2D eigenvalue weighted by Gasteiger charge is 2.06. The highest BCUT2D eigenvalue weighted by atomic mass is 32.1. The van der Waals surface area contributed by atoms with Crippen molar-refractivity contribution >= 4 is 23.3 Å². The van der Waals surface area contributed by atoms with E-state index in [1.165, 1.54) is 17.4 Å². The summed E-state index contributed by atoms with van der Waals surface area (Å²) in [4.78, 5) is 20.4. The molecule has 110 valence electrons. The average molecular weight is 311 g/mol. The molecule has 0 fully saturated rings. The number of hydrogen-bond acceptors (Lipinski definition) is 5. The van der Waals surface area contributed by atoms with Crippen molar-refractivity contribution in [2.24, 2.45) is 0 Å². The molecule has 0 aliphatic rings. The van der Waals surface area contributed by atoms with E-state index in [0.29, 0.717) is 12.3 Å². The number of nitrogens with one attached hydrogen (secondary N) is 1. The molecule has 3 rings (SSSR count). The minimum Gasteiger partial charge on any atom is -0.465 e. The molecule has 0 bridgehead atoms. The molecule has 5 nitrogen and oxygen atoms in total. The minimum absolute atomic E-state index is 0.191. The Hall–Kier alpha value is -2.73. The Morgan fingerprint density at radius 2 is 2.27 bits per heavy atom. The Kier molecular flexibility index (Phi) is 4.41. The third-order valence-corrected chi connectivity index (χ3v) is 3.74. The predicted octanol–water partition coefficient (Wildman–Crippen LogP) is 3.13. The van der Waals surface area contributed by atoms with Crippen molar-refractivity contribution in [3.05, 3.63) is 65.7 Å². The Bertz CT molecular complexity index is 764. The van der Waals surface area contributed by atoms with Gasteiger partial charge < -0.3 is 9.73 Å². The number of furan rings is 1. The van der Waals surface area contributed by atoms with Gasteiger partial charge in [0.25, 0.3) is 0 Å². The molecule has 0 aliphatic carbocycles. The molecule has 0 saturated heterocycles. The highest BCUT2D eigenvalue weighted by molar-refractivity contribution is 7.13. The summed E-state index contributed by atoms with van der Waals surface area (Å²) in [6.45, 7) is 0.380. The van der Waals surface area contributed by atoms with E-state index in [4.69, 9.17) is 4.42 Å². The zero-order valence-corrected chi connectivity index (χ0v) is 12.4. The first-order chi connectivity index (χ1) is 10.8. The van der Waals surface area contributed by atoms with E-state index in [0.717, 1.165) is 16.4 Å². The molecular weight excluding hydrogens is 298 g/mol. The Labute approximate surface area is 131 Å². The number of amides is 1. The maximum absolute atomic E-state index is 11.7. The van der Waals surface area contributed by atoms with Gasteiger partial charge in [-0.2, -0.15) is 0 Å². The smallest absolute Gasteiger partial charge is 0.244 e. The summed E-state index contributed by atoms with van der Waals surface area (Å²) < 4.78 is 5.11. The van der Waals surface area contributed by atoms with Crippen LogP contribution < -0.4 is 5.32 Å². The van der Waals surface area contributed by atoms with E-state index in [1.807, 2.05) is 23.6 Å². The lowest BCUT2D eigenvalue weighted by atomic mass is 10.3. The predicted molar refractivity (Wildman–Crippen MR) is 84.9 cm³/mol. The van der Waals surface area contributed by atoms with Gasteiger partial charge in [0.15, 0.2) is 0 Å². The molecule has 1 N–H and O–H groups in total. The first-order valence-corrected chi connectivity index (χ1v) is 7.54. The van der Waals surface area contributed by atoms with Crippen LogP contribution in [0.4, 0.5) is 0 Å². The molecule has 0 aromatic carbocycles. The molecule has 0 aliphatic heterocycles. The minimum atomic E-state index is -0.191. The summed E-state index contributed by atoms with van der Waals surface area (Å²) in [5.41, 5.74) is 1.65. The quantitative estimate of drug-likeness (QED) is 0.735. The van der Waals surface area contributed by atoms with Gasteiger partial charge in [0, 0.05) is 17.7 Å². The molecule has 6 heteroatoms. The van der Waals surface area contributed by atoms with Crippen LogP contribution in [0.25, 0.3) is 16.8 Å². The van der Waals surface area contributed by atoms with E-state index in [2.05, 4.69) is 15.3 Å². The molecule has 22 heavy (non-hydrogen) atoms. The van der Waals surface area contributed by atoms with Gasteiger partial charge in [0.1, 0.15) is 10.8 Å². The van der Waals surface area contributed by atoms with Crippen LogP contribution in [-0.2, 0) is 11.3 Å². The first-order valence-electron chi connectivity index (χ1n) is 6.66. The third-order valence-electron chi connectivity index (χ3n) is 2.82. The van der Waals surface area contributed by atoms with Gasteiger partial charge in [-0.25, -0.2) is 4.98 Å². The molecule has 3 heterocycles. The van der Waals surface area contributed by atoms with Crippen molar-refractivity contribution in [2.75, 3.05) is 0 Å². The van der Waals surface area contributed by atoms with Crippen LogP contribution in [0.3, 0.4) is 0 Å².